The summed E-state index contributed by atoms with van der Waals surface area (Å²) < 4.78 is 11.3. The van der Waals surface area contributed by atoms with Crippen LogP contribution in [0.2, 0.25) is 0 Å². The van der Waals surface area contributed by atoms with Crippen LogP contribution in [-0.2, 0) is 32.3 Å². The molecule has 0 aromatic heterocycles. The maximum Gasteiger partial charge on any atom is 0.306 e. The van der Waals surface area contributed by atoms with Crippen molar-refractivity contribution in [2.24, 2.45) is 0 Å². The summed E-state index contributed by atoms with van der Waals surface area (Å²) in [5.74, 6) is -0.379. The molecule has 1 unspecified atom stereocenters. The molecule has 8 nitrogen and oxygen atoms in total. The number of unbranched alkanes of at least 4 members (excludes halogenated alkanes) is 5. The van der Waals surface area contributed by atoms with Crippen LogP contribution in [0.4, 0.5) is 0 Å². The average molecular weight is 507 g/mol. The number of ether oxygens (including phenoxy) is 2. The van der Waals surface area contributed by atoms with E-state index in [0.717, 1.165) is 49.7 Å². The van der Waals surface area contributed by atoms with Crippen molar-refractivity contribution in [2.75, 3.05) is 6.61 Å². The lowest BCUT2D eigenvalue weighted by molar-refractivity contribution is -0.145. The van der Waals surface area contributed by atoms with E-state index in [-0.39, 0.29) is 24.2 Å². The Morgan fingerprint density at radius 2 is 1.68 bits per heavy atom. The quantitative estimate of drug-likeness (QED) is 0.247. The smallest absolute Gasteiger partial charge is 0.306 e. The molecule has 37 heavy (non-hydrogen) atoms. The molecular weight excluding hydrogens is 472 g/mol. The lowest BCUT2D eigenvalue weighted by Crippen LogP contribution is -2.52. The molecule has 3 amide bonds. The first-order valence-electron chi connectivity index (χ1n) is 13.1. The van der Waals surface area contributed by atoms with E-state index in [1.54, 1.807) is 12.1 Å². The van der Waals surface area contributed by atoms with E-state index >= 15 is 0 Å². The molecule has 0 saturated carbocycles. The third-order valence-corrected chi connectivity index (χ3v) is 6.81. The Morgan fingerprint density at radius 1 is 0.919 bits per heavy atom. The van der Waals surface area contributed by atoms with Crippen molar-refractivity contribution in [3.63, 3.8) is 0 Å². The number of rotatable bonds is 13. The number of esters is 1. The van der Waals surface area contributed by atoms with Crippen LogP contribution in [0.1, 0.15) is 79.3 Å². The van der Waals surface area contributed by atoms with Gasteiger partial charge in [0.1, 0.15) is 18.4 Å². The van der Waals surface area contributed by atoms with Crippen LogP contribution in [0, 0.1) is 0 Å². The number of hydrogen-bond acceptors (Lipinski definition) is 6. The lowest BCUT2D eigenvalue weighted by atomic mass is 10.0. The molecule has 0 radical (unpaired) electrons. The summed E-state index contributed by atoms with van der Waals surface area (Å²) >= 11 is 0. The zero-order valence-corrected chi connectivity index (χ0v) is 21.1. The van der Waals surface area contributed by atoms with E-state index in [2.05, 4.69) is 5.32 Å². The van der Waals surface area contributed by atoms with Crippen LogP contribution >= 0.6 is 0 Å². The van der Waals surface area contributed by atoms with Gasteiger partial charge in [0.2, 0.25) is 11.8 Å². The third kappa shape index (κ3) is 7.18. The van der Waals surface area contributed by atoms with Gasteiger partial charge in [-0.15, -0.1) is 0 Å². The van der Waals surface area contributed by atoms with Crippen molar-refractivity contribution in [3.05, 3.63) is 65.2 Å². The predicted octanol–water partition coefficient (Wildman–Crippen LogP) is 4.30. The maximum absolute atomic E-state index is 12.9. The first-order valence-corrected chi connectivity index (χ1v) is 13.1. The third-order valence-electron chi connectivity index (χ3n) is 6.81. The normalized spacial score (nSPS) is 16.9. The molecule has 0 aliphatic carbocycles. The van der Waals surface area contributed by atoms with Gasteiger partial charge in [-0.2, -0.15) is 0 Å². The van der Waals surface area contributed by atoms with Gasteiger partial charge in [0.05, 0.1) is 13.2 Å². The van der Waals surface area contributed by atoms with Crippen LogP contribution < -0.4 is 10.1 Å². The zero-order valence-electron chi connectivity index (χ0n) is 21.1. The number of carbonyl (C=O) groups is 4. The molecule has 1 fully saturated rings. The van der Waals surface area contributed by atoms with Gasteiger partial charge in [-0.25, -0.2) is 0 Å². The van der Waals surface area contributed by atoms with Gasteiger partial charge < -0.3 is 14.4 Å². The largest absolute Gasteiger partial charge is 0.493 e. The molecule has 0 spiro atoms. The highest BCUT2D eigenvalue weighted by atomic mass is 16.5. The van der Waals surface area contributed by atoms with Crippen molar-refractivity contribution >= 4 is 23.7 Å². The Morgan fingerprint density at radius 3 is 2.46 bits per heavy atom. The number of hydrogen-bond donors (Lipinski definition) is 1. The molecule has 8 heteroatoms. The number of fused-ring (bicyclic) bond motifs is 1. The van der Waals surface area contributed by atoms with Crippen molar-refractivity contribution in [1.29, 1.82) is 0 Å². The topological polar surface area (TPSA) is 102 Å². The molecule has 2 aromatic carbocycles. The van der Waals surface area contributed by atoms with Crippen molar-refractivity contribution in [1.82, 2.24) is 10.2 Å². The van der Waals surface area contributed by atoms with Gasteiger partial charge in [-0.3, -0.25) is 24.5 Å². The number of piperidine rings is 1. The number of nitrogens with zero attached hydrogens (tertiary/aromatic N) is 1. The second-order valence-corrected chi connectivity index (χ2v) is 9.55. The minimum absolute atomic E-state index is 0.151. The predicted molar refractivity (Wildman–Crippen MR) is 137 cm³/mol. The minimum Gasteiger partial charge on any atom is -0.493 e. The number of amides is 3. The van der Waals surface area contributed by atoms with Gasteiger partial charge in [0, 0.05) is 24.0 Å². The summed E-state index contributed by atoms with van der Waals surface area (Å²) in [5.41, 5.74) is 2.36. The van der Waals surface area contributed by atoms with E-state index in [4.69, 9.17) is 9.47 Å². The Balaban J connectivity index is 1.10. The fraction of sp³-hybridized carbons (Fsp3) is 0.448. The molecule has 1 N–H and O–H groups in total. The Bertz CT molecular complexity index is 1120. The lowest BCUT2D eigenvalue weighted by Gasteiger charge is -2.29. The van der Waals surface area contributed by atoms with Crippen LogP contribution in [0.3, 0.4) is 0 Å². The Labute approximate surface area is 217 Å². The molecule has 2 heterocycles. The zero-order chi connectivity index (χ0) is 26.0. The highest BCUT2D eigenvalue weighted by molar-refractivity contribution is 6.05. The Hall–Kier alpha value is -3.68. The van der Waals surface area contributed by atoms with E-state index in [9.17, 15) is 19.2 Å². The fourth-order valence-corrected chi connectivity index (χ4v) is 4.76. The molecule has 2 aliphatic rings. The summed E-state index contributed by atoms with van der Waals surface area (Å²) in [6.45, 7) is 1.19. The molecule has 1 atom stereocenters. The number of imide groups is 1. The molecule has 1 saturated heterocycles. The number of carbonyl (C=O) groups excluding carboxylic acids is 4. The fourth-order valence-electron chi connectivity index (χ4n) is 4.76. The SMILES string of the molecule is O=C1CCC(N2Cc3c(OCCCCCCCCC(=O)OCc4ccccc4)cccc3C2=O)C(=O)N1. The highest BCUT2D eigenvalue weighted by Crippen LogP contribution is 2.33. The van der Waals surface area contributed by atoms with E-state index in [1.165, 1.54) is 4.90 Å². The van der Waals surface area contributed by atoms with Gasteiger partial charge in [-0.1, -0.05) is 62.1 Å². The monoisotopic (exact) mass is 506 g/mol. The molecule has 196 valence electrons. The van der Waals surface area contributed by atoms with Crippen molar-refractivity contribution < 1.29 is 28.7 Å². The van der Waals surface area contributed by atoms with Gasteiger partial charge >= 0.3 is 5.97 Å². The molecule has 2 aliphatic heterocycles. The highest BCUT2D eigenvalue weighted by Gasteiger charge is 2.40. The second kappa shape index (κ2) is 13.0. The first-order chi connectivity index (χ1) is 18.0. The molecule has 0 bridgehead atoms. The second-order valence-electron chi connectivity index (χ2n) is 9.55. The number of nitrogens with one attached hydrogen (secondary N) is 1. The van der Waals surface area contributed by atoms with Gasteiger partial charge in [0.25, 0.3) is 5.91 Å². The van der Waals surface area contributed by atoms with E-state index in [0.29, 0.717) is 43.9 Å². The van der Waals surface area contributed by atoms with E-state index in [1.807, 2.05) is 36.4 Å². The molecule has 2 aromatic rings. The average Bonchev–Trinajstić information content (AvgIpc) is 3.24. The van der Waals surface area contributed by atoms with Crippen molar-refractivity contribution in [3.8, 4) is 5.75 Å². The summed E-state index contributed by atoms with van der Waals surface area (Å²) in [7, 11) is 0. The standard InChI is InChI=1S/C29H34N2O6/c32-26-17-16-24(28(34)30-26)31-19-23-22(29(31)35)13-10-14-25(23)36-18-9-4-2-1-3-8-15-27(33)37-20-21-11-6-5-7-12-21/h5-7,10-14,24H,1-4,8-9,15-20H2,(H,30,32,34). The maximum atomic E-state index is 12.9. The number of benzene rings is 2. The summed E-state index contributed by atoms with van der Waals surface area (Å²) in [4.78, 5) is 50.0. The van der Waals surface area contributed by atoms with Crippen LogP contribution in [0.5, 0.6) is 5.75 Å². The van der Waals surface area contributed by atoms with Gasteiger partial charge in [0.15, 0.2) is 0 Å². The first kappa shape index (κ1) is 26.4. The van der Waals surface area contributed by atoms with E-state index < -0.39 is 11.9 Å². The van der Waals surface area contributed by atoms with Gasteiger partial charge in [-0.05, 0) is 37.0 Å². The van der Waals surface area contributed by atoms with Crippen molar-refractivity contribution in [2.45, 2.75) is 77.0 Å². The minimum atomic E-state index is -0.629. The summed E-state index contributed by atoms with van der Waals surface area (Å²) in [5, 5.41) is 2.33. The van der Waals surface area contributed by atoms with Crippen LogP contribution in [-0.4, -0.2) is 41.2 Å². The molecule has 4 rings (SSSR count). The summed E-state index contributed by atoms with van der Waals surface area (Å²) in [6, 6.07) is 14.5. The van der Waals surface area contributed by atoms with Crippen LogP contribution in [0.15, 0.2) is 48.5 Å². The van der Waals surface area contributed by atoms with Crippen LogP contribution in [0.25, 0.3) is 0 Å². The Kier molecular flexibility index (Phi) is 9.29. The molecular formula is C29H34N2O6. The summed E-state index contributed by atoms with van der Waals surface area (Å²) in [6.07, 6.45) is 6.89.